The van der Waals surface area contributed by atoms with E-state index in [4.69, 9.17) is 4.74 Å². The molecular weight excluding hydrogens is 330 g/mol. The zero-order valence-corrected chi connectivity index (χ0v) is 18.3. The summed E-state index contributed by atoms with van der Waals surface area (Å²) in [6.45, 7) is 5.26. The van der Waals surface area contributed by atoms with Crippen LogP contribution in [0.2, 0.25) is 0 Å². The smallest absolute Gasteiger partial charge is 0.0807 e. The molecule has 2 fully saturated rings. The molecule has 2 aliphatic rings. The fraction of sp³-hybridized carbons (Fsp3) is 0.960. The lowest BCUT2D eigenvalue weighted by Gasteiger charge is -2.37. The van der Waals surface area contributed by atoms with Crippen molar-refractivity contribution in [3.05, 3.63) is 0 Å². The summed E-state index contributed by atoms with van der Waals surface area (Å²) in [7, 11) is 0. The molecule has 0 atom stereocenters. The Morgan fingerprint density at radius 3 is 2.00 bits per heavy atom. The Kier molecular flexibility index (Phi) is 10.8. The van der Waals surface area contributed by atoms with Gasteiger partial charge in [-0.15, -0.1) is 0 Å². The molecule has 2 heteroatoms. The number of ether oxygens (including phenoxy) is 1. The van der Waals surface area contributed by atoms with Crippen molar-refractivity contribution in [3.63, 3.8) is 0 Å². The lowest BCUT2D eigenvalue weighted by atomic mass is 9.70. The SMILES string of the molecule is CCCCCCCC1CCC(C#N)(COC2CCC(CCCC)CC2)CC1. The quantitative estimate of drug-likeness (QED) is 0.326. The normalized spacial score (nSPS) is 31.5. The van der Waals surface area contributed by atoms with Gasteiger partial charge in [0.2, 0.25) is 0 Å². The maximum atomic E-state index is 9.84. The Balaban J connectivity index is 1.62. The number of rotatable bonds is 12. The third-order valence-electron chi connectivity index (χ3n) is 7.37. The van der Waals surface area contributed by atoms with Gasteiger partial charge in [-0.25, -0.2) is 0 Å². The average molecular weight is 376 g/mol. The fourth-order valence-electron chi connectivity index (χ4n) is 5.20. The fourth-order valence-corrected chi connectivity index (χ4v) is 5.20. The summed E-state index contributed by atoms with van der Waals surface area (Å²) >= 11 is 0. The summed E-state index contributed by atoms with van der Waals surface area (Å²) in [4.78, 5) is 0. The first-order valence-electron chi connectivity index (χ1n) is 12.2. The minimum Gasteiger partial charge on any atom is -0.377 e. The van der Waals surface area contributed by atoms with Crippen molar-refractivity contribution in [3.8, 4) is 6.07 Å². The third-order valence-corrected chi connectivity index (χ3v) is 7.37. The van der Waals surface area contributed by atoms with Gasteiger partial charge in [0.05, 0.1) is 24.2 Å². The van der Waals surface area contributed by atoms with Crippen LogP contribution in [-0.4, -0.2) is 12.7 Å². The zero-order valence-electron chi connectivity index (χ0n) is 18.3. The molecule has 0 amide bonds. The summed E-state index contributed by atoms with van der Waals surface area (Å²) in [5, 5.41) is 9.84. The third kappa shape index (κ3) is 8.15. The molecule has 0 unspecified atom stereocenters. The van der Waals surface area contributed by atoms with Crippen LogP contribution in [0.1, 0.15) is 123 Å². The number of hydrogen-bond donors (Lipinski definition) is 0. The Morgan fingerprint density at radius 1 is 0.778 bits per heavy atom. The molecule has 27 heavy (non-hydrogen) atoms. The number of nitrogens with zero attached hydrogens (tertiary/aromatic N) is 1. The van der Waals surface area contributed by atoms with Crippen LogP contribution in [0.15, 0.2) is 0 Å². The Hall–Kier alpha value is -0.550. The molecule has 0 aliphatic heterocycles. The molecule has 2 saturated carbocycles. The number of nitriles is 1. The van der Waals surface area contributed by atoms with E-state index in [0.717, 1.165) is 24.7 Å². The van der Waals surface area contributed by atoms with Crippen molar-refractivity contribution >= 4 is 0 Å². The molecule has 0 saturated heterocycles. The van der Waals surface area contributed by atoms with Gasteiger partial charge in [-0.05, 0) is 63.2 Å². The van der Waals surface area contributed by atoms with Crippen LogP contribution in [0.4, 0.5) is 0 Å². The van der Waals surface area contributed by atoms with E-state index in [-0.39, 0.29) is 5.41 Å². The van der Waals surface area contributed by atoms with Crippen LogP contribution in [0.25, 0.3) is 0 Å². The topological polar surface area (TPSA) is 33.0 Å². The van der Waals surface area contributed by atoms with Crippen molar-refractivity contribution in [1.29, 1.82) is 5.26 Å². The van der Waals surface area contributed by atoms with Gasteiger partial charge in [-0.1, -0.05) is 71.6 Å². The molecule has 0 bridgehead atoms. The van der Waals surface area contributed by atoms with E-state index < -0.39 is 0 Å². The predicted molar refractivity (Wildman–Crippen MR) is 115 cm³/mol. The van der Waals surface area contributed by atoms with E-state index in [1.165, 1.54) is 96.3 Å². The van der Waals surface area contributed by atoms with E-state index in [0.29, 0.717) is 12.7 Å². The monoisotopic (exact) mass is 375 g/mol. The van der Waals surface area contributed by atoms with Crippen LogP contribution in [0.5, 0.6) is 0 Å². The summed E-state index contributed by atoms with van der Waals surface area (Å²) in [6.07, 6.45) is 22.6. The maximum Gasteiger partial charge on any atom is 0.0807 e. The van der Waals surface area contributed by atoms with Crippen LogP contribution < -0.4 is 0 Å². The Labute approximate surface area is 169 Å². The van der Waals surface area contributed by atoms with Crippen LogP contribution in [-0.2, 0) is 4.74 Å². The van der Waals surface area contributed by atoms with Crippen molar-refractivity contribution in [2.45, 2.75) is 129 Å². The molecular formula is C25H45NO. The van der Waals surface area contributed by atoms with E-state index in [1.54, 1.807) is 0 Å². The molecule has 0 aromatic rings. The van der Waals surface area contributed by atoms with Crippen molar-refractivity contribution in [2.24, 2.45) is 17.3 Å². The summed E-state index contributed by atoms with van der Waals surface area (Å²) in [6, 6.07) is 2.67. The molecule has 0 radical (unpaired) electrons. The number of hydrogen-bond acceptors (Lipinski definition) is 2. The molecule has 0 N–H and O–H groups in total. The second-order valence-corrected chi connectivity index (χ2v) is 9.63. The summed E-state index contributed by atoms with van der Waals surface area (Å²) in [5.41, 5.74) is -0.183. The molecule has 2 aliphatic carbocycles. The van der Waals surface area contributed by atoms with Crippen molar-refractivity contribution < 1.29 is 4.74 Å². The van der Waals surface area contributed by atoms with Gasteiger partial charge in [0.15, 0.2) is 0 Å². The standard InChI is InChI=1S/C25H45NO/c1-3-5-7-8-9-11-23-16-18-25(20-26,19-17-23)21-27-24-14-12-22(13-15-24)10-6-4-2/h22-24H,3-19,21H2,1-2H3. The van der Waals surface area contributed by atoms with Crippen LogP contribution in [0, 0.1) is 28.6 Å². The van der Waals surface area contributed by atoms with Crippen molar-refractivity contribution in [2.75, 3.05) is 6.61 Å². The minimum atomic E-state index is -0.183. The lowest BCUT2D eigenvalue weighted by Crippen LogP contribution is -2.34. The second-order valence-electron chi connectivity index (χ2n) is 9.63. The second kappa shape index (κ2) is 12.8. The van der Waals surface area contributed by atoms with Gasteiger partial charge >= 0.3 is 0 Å². The molecule has 156 valence electrons. The first kappa shape index (κ1) is 22.7. The van der Waals surface area contributed by atoms with E-state index >= 15 is 0 Å². The molecule has 0 aromatic heterocycles. The highest BCUT2D eigenvalue weighted by atomic mass is 16.5. The summed E-state index contributed by atoms with van der Waals surface area (Å²) in [5.74, 6) is 1.80. The molecule has 0 aromatic carbocycles. The van der Waals surface area contributed by atoms with E-state index in [2.05, 4.69) is 19.9 Å². The molecule has 2 rings (SSSR count). The predicted octanol–water partition coefficient (Wildman–Crippen LogP) is 7.81. The van der Waals surface area contributed by atoms with Gasteiger partial charge in [0.25, 0.3) is 0 Å². The lowest BCUT2D eigenvalue weighted by molar-refractivity contribution is -0.0300. The van der Waals surface area contributed by atoms with E-state index in [9.17, 15) is 5.26 Å². The highest BCUT2D eigenvalue weighted by molar-refractivity contribution is 5.02. The average Bonchev–Trinajstić information content (AvgIpc) is 2.72. The zero-order chi connectivity index (χ0) is 19.4. The van der Waals surface area contributed by atoms with Gasteiger partial charge < -0.3 is 4.74 Å². The minimum absolute atomic E-state index is 0.183. The highest BCUT2D eigenvalue weighted by Gasteiger charge is 2.36. The Bertz CT molecular complexity index is 411. The number of unbranched alkanes of at least 4 members (excludes halogenated alkanes) is 5. The van der Waals surface area contributed by atoms with Crippen LogP contribution in [0.3, 0.4) is 0 Å². The molecule has 0 heterocycles. The first-order valence-corrected chi connectivity index (χ1v) is 12.2. The maximum absolute atomic E-state index is 9.84. The van der Waals surface area contributed by atoms with E-state index in [1.807, 2.05) is 0 Å². The van der Waals surface area contributed by atoms with Gasteiger partial charge in [-0.3, -0.25) is 0 Å². The van der Waals surface area contributed by atoms with Gasteiger partial charge in [0, 0.05) is 0 Å². The van der Waals surface area contributed by atoms with Gasteiger partial charge in [-0.2, -0.15) is 5.26 Å². The first-order chi connectivity index (χ1) is 13.2. The Morgan fingerprint density at radius 2 is 1.37 bits per heavy atom. The largest absolute Gasteiger partial charge is 0.377 e. The van der Waals surface area contributed by atoms with Gasteiger partial charge in [0.1, 0.15) is 0 Å². The molecule has 0 spiro atoms. The highest BCUT2D eigenvalue weighted by Crippen LogP contribution is 2.41. The van der Waals surface area contributed by atoms with Crippen molar-refractivity contribution in [1.82, 2.24) is 0 Å². The van der Waals surface area contributed by atoms with Crippen LogP contribution >= 0.6 is 0 Å². The molecule has 2 nitrogen and oxygen atoms in total. The summed E-state index contributed by atoms with van der Waals surface area (Å²) < 4.78 is 6.31.